The molecule has 2 heterocycles. The number of amides is 4. The zero-order valence-corrected chi connectivity index (χ0v) is 39.2. The first-order valence-electron chi connectivity index (χ1n) is 22.8. The van der Waals surface area contributed by atoms with Crippen molar-refractivity contribution in [3.05, 3.63) is 144 Å². The van der Waals surface area contributed by atoms with Crippen molar-refractivity contribution >= 4 is 44.2 Å². The molecule has 15 nitrogen and oxygen atoms in total. The monoisotopic (exact) mass is 955 g/mol. The van der Waals surface area contributed by atoms with E-state index >= 15 is 0 Å². The number of carbonyl (C=O) groups excluding carboxylic acids is 4. The summed E-state index contributed by atoms with van der Waals surface area (Å²) in [5, 5.41) is 3.98. The number of likely N-dealkylation sites (N-methyl/N-ethyl adjacent to an activating group) is 1. The minimum atomic E-state index is -3.36. The predicted octanol–water partition coefficient (Wildman–Crippen LogP) is 7.50. The van der Waals surface area contributed by atoms with Crippen LogP contribution in [-0.4, -0.2) is 113 Å². The Bertz CT molecular complexity index is 2910. The molecule has 0 radical (unpaired) electrons. The third-order valence-electron chi connectivity index (χ3n) is 11.8. The Hall–Kier alpha value is -7.11. The van der Waals surface area contributed by atoms with Gasteiger partial charge in [0, 0.05) is 36.7 Å². The first kappa shape index (κ1) is 48.4. The van der Waals surface area contributed by atoms with E-state index < -0.39 is 39.5 Å². The molecule has 6 aromatic carbocycles. The second-order valence-electron chi connectivity index (χ2n) is 16.5. The van der Waals surface area contributed by atoms with Crippen LogP contribution in [-0.2, 0) is 35.5 Å². The van der Waals surface area contributed by atoms with Gasteiger partial charge in [0.25, 0.3) is 11.8 Å². The van der Waals surface area contributed by atoms with E-state index in [1.165, 1.54) is 18.4 Å². The quantitative estimate of drug-likeness (QED) is 0.0494. The van der Waals surface area contributed by atoms with Crippen LogP contribution in [0.3, 0.4) is 0 Å². The molecule has 1 saturated heterocycles. The predicted molar refractivity (Wildman–Crippen MR) is 258 cm³/mol. The molecule has 1 N–H and O–H groups in total. The normalized spacial score (nSPS) is 14.8. The molecule has 2 aliphatic heterocycles. The average molecular weight is 956 g/mol. The van der Waals surface area contributed by atoms with Crippen LogP contribution < -0.4 is 24.3 Å². The maximum atomic E-state index is 13.1. The molecule has 0 spiro atoms. The van der Waals surface area contributed by atoms with E-state index in [1.807, 2.05) is 84.9 Å². The SMILES string of the molecule is CCN(CCOCCOCCOc1ccc2c(c1)C(=O)N(C1CCC(=O)NC1=O)C2=O)CCOc1ccc(Oc2c(-c3ccc(S(C)(=O)=O)cc3)ccc3cc(OCc4ccccc4)ccc23)cc1. The number of ether oxygens (including phenoxy) is 6. The maximum absolute atomic E-state index is 13.1. The van der Waals surface area contributed by atoms with Gasteiger partial charge in [-0.05, 0) is 108 Å². The van der Waals surface area contributed by atoms with Gasteiger partial charge in [0.05, 0.1) is 42.4 Å². The largest absolute Gasteiger partial charge is 0.492 e. The van der Waals surface area contributed by atoms with Crippen LogP contribution in [0.5, 0.6) is 28.7 Å². The van der Waals surface area contributed by atoms with Crippen LogP contribution >= 0.6 is 0 Å². The molecule has 8 rings (SSSR count). The van der Waals surface area contributed by atoms with Gasteiger partial charge in [0.1, 0.15) is 54.6 Å². The number of nitrogens with zero attached hydrogens (tertiary/aromatic N) is 2. The van der Waals surface area contributed by atoms with Crippen molar-refractivity contribution in [2.24, 2.45) is 0 Å². The number of carbonyl (C=O) groups is 4. The van der Waals surface area contributed by atoms with E-state index in [0.717, 1.165) is 44.7 Å². The minimum Gasteiger partial charge on any atom is -0.492 e. The lowest BCUT2D eigenvalue weighted by Crippen LogP contribution is -2.54. The van der Waals surface area contributed by atoms with Crippen molar-refractivity contribution in [3.8, 4) is 39.9 Å². The highest BCUT2D eigenvalue weighted by atomic mass is 32.2. The van der Waals surface area contributed by atoms with Crippen LogP contribution in [0.25, 0.3) is 21.9 Å². The highest BCUT2D eigenvalue weighted by molar-refractivity contribution is 7.90. The molecule has 6 aromatic rings. The van der Waals surface area contributed by atoms with Gasteiger partial charge in [-0.25, -0.2) is 8.42 Å². The van der Waals surface area contributed by atoms with Gasteiger partial charge >= 0.3 is 0 Å². The molecule has 0 bridgehead atoms. The number of nitrogens with one attached hydrogen (secondary N) is 1. The molecule has 69 heavy (non-hydrogen) atoms. The van der Waals surface area contributed by atoms with Crippen LogP contribution in [0.1, 0.15) is 46.0 Å². The highest BCUT2D eigenvalue weighted by Crippen LogP contribution is 2.41. The van der Waals surface area contributed by atoms with Crippen LogP contribution in [0.2, 0.25) is 0 Å². The van der Waals surface area contributed by atoms with Gasteiger partial charge in [0.15, 0.2) is 9.84 Å². The number of hydrogen-bond acceptors (Lipinski definition) is 13. The van der Waals surface area contributed by atoms with Crippen molar-refractivity contribution in [1.29, 1.82) is 0 Å². The van der Waals surface area contributed by atoms with E-state index in [0.29, 0.717) is 69.1 Å². The number of benzene rings is 6. The standard InChI is InChI=1S/C53H53N3O12S/c1-3-55(25-27-63-29-30-64-31-32-66-42-17-22-46-47(34-42)53(60)56(52(46)59)48-23-24-49(57)54-51(48)58)26-28-65-39-12-14-40(15-13-39)68-50-44(37-9-18-43(19-10-37)69(2,61)62)20-11-38-33-41(16-21-45(38)50)67-35-36-7-5-4-6-8-36/h4-22,33-34,48H,3,23-32,35H2,1-2H3,(H,54,57,58). The summed E-state index contributed by atoms with van der Waals surface area (Å²) in [4.78, 5) is 53.3. The Morgan fingerprint density at radius 1 is 0.638 bits per heavy atom. The molecule has 1 unspecified atom stereocenters. The van der Waals surface area contributed by atoms with E-state index in [9.17, 15) is 27.6 Å². The summed E-state index contributed by atoms with van der Waals surface area (Å²) in [6, 6.07) is 37.6. The first-order chi connectivity index (χ1) is 33.4. The molecular formula is C53H53N3O12S. The number of fused-ring (bicyclic) bond motifs is 2. The van der Waals surface area contributed by atoms with Gasteiger partial charge in [0.2, 0.25) is 11.8 Å². The third kappa shape index (κ3) is 12.1. The summed E-state index contributed by atoms with van der Waals surface area (Å²) in [6.45, 7) is 6.96. The highest BCUT2D eigenvalue weighted by Gasteiger charge is 2.44. The minimum absolute atomic E-state index is 0.0521. The molecule has 358 valence electrons. The van der Waals surface area contributed by atoms with Gasteiger partial charge in [-0.1, -0.05) is 55.5 Å². The Kier molecular flexibility index (Phi) is 15.6. The maximum Gasteiger partial charge on any atom is 0.262 e. The first-order valence-corrected chi connectivity index (χ1v) is 24.7. The second kappa shape index (κ2) is 22.3. The van der Waals surface area contributed by atoms with Crippen LogP contribution in [0.4, 0.5) is 0 Å². The summed E-state index contributed by atoms with van der Waals surface area (Å²) in [7, 11) is -3.36. The topological polar surface area (TPSA) is 176 Å². The lowest BCUT2D eigenvalue weighted by molar-refractivity contribution is -0.136. The van der Waals surface area contributed by atoms with Crippen LogP contribution in [0.15, 0.2) is 132 Å². The number of imide groups is 2. The summed E-state index contributed by atoms with van der Waals surface area (Å²) >= 11 is 0. The Morgan fingerprint density at radius 3 is 2.01 bits per heavy atom. The summed E-state index contributed by atoms with van der Waals surface area (Å²) < 4.78 is 60.5. The smallest absolute Gasteiger partial charge is 0.262 e. The summed E-state index contributed by atoms with van der Waals surface area (Å²) in [5.74, 6) is 0.793. The van der Waals surface area contributed by atoms with E-state index in [4.69, 9.17) is 28.4 Å². The molecule has 2 aliphatic rings. The fraction of sp³-hybridized carbons (Fsp3) is 0.283. The average Bonchev–Trinajstić information content (AvgIpc) is 3.60. The number of piperidine rings is 1. The Morgan fingerprint density at radius 2 is 1.28 bits per heavy atom. The van der Waals surface area contributed by atoms with Crippen molar-refractivity contribution in [3.63, 3.8) is 0 Å². The zero-order valence-electron chi connectivity index (χ0n) is 38.4. The van der Waals surface area contributed by atoms with E-state index in [1.54, 1.807) is 30.3 Å². The lowest BCUT2D eigenvalue weighted by atomic mass is 9.99. The van der Waals surface area contributed by atoms with Crippen molar-refractivity contribution < 1.29 is 56.0 Å². The van der Waals surface area contributed by atoms with Crippen molar-refractivity contribution in [2.45, 2.75) is 37.3 Å². The molecule has 0 aliphatic carbocycles. The van der Waals surface area contributed by atoms with Gasteiger partial charge in [-0.3, -0.25) is 34.3 Å². The fourth-order valence-corrected chi connectivity index (χ4v) is 8.68. The van der Waals surface area contributed by atoms with Crippen LogP contribution in [0, 0.1) is 0 Å². The molecule has 1 fully saturated rings. The summed E-state index contributed by atoms with van der Waals surface area (Å²) in [6.07, 6.45) is 1.33. The van der Waals surface area contributed by atoms with Gasteiger partial charge in [-0.2, -0.15) is 0 Å². The van der Waals surface area contributed by atoms with E-state index in [-0.39, 0.29) is 42.1 Å². The third-order valence-corrected chi connectivity index (χ3v) is 12.9. The van der Waals surface area contributed by atoms with E-state index in [2.05, 4.69) is 17.1 Å². The van der Waals surface area contributed by atoms with Gasteiger partial charge < -0.3 is 28.4 Å². The number of hydrogen-bond donors (Lipinski definition) is 1. The molecule has 16 heteroatoms. The molecule has 0 aromatic heterocycles. The Balaban J connectivity index is 0.766. The van der Waals surface area contributed by atoms with Crippen molar-refractivity contribution in [1.82, 2.24) is 15.1 Å². The second-order valence-corrected chi connectivity index (χ2v) is 18.5. The molecule has 0 saturated carbocycles. The lowest BCUT2D eigenvalue weighted by Gasteiger charge is -2.27. The molecule has 1 atom stereocenters. The van der Waals surface area contributed by atoms with Crippen molar-refractivity contribution in [2.75, 3.05) is 65.5 Å². The number of rotatable bonds is 23. The molecular weight excluding hydrogens is 903 g/mol. The molecule has 4 amide bonds. The number of sulfone groups is 1. The zero-order chi connectivity index (χ0) is 48.3. The van der Waals surface area contributed by atoms with Gasteiger partial charge in [-0.15, -0.1) is 0 Å². The fourth-order valence-electron chi connectivity index (χ4n) is 8.05. The summed E-state index contributed by atoms with van der Waals surface area (Å²) in [5.41, 5.74) is 3.02. The Labute approximate surface area is 400 Å².